The Morgan fingerprint density at radius 2 is 0.771 bits per heavy atom. The summed E-state index contributed by atoms with van der Waals surface area (Å²) in [7, 11) is 0. The van der Waals surface area contributed by atoms with Crippen LogP contribution in [0, 0.1) is 0 Å². The maximum Gasteiger partial charge on any atom is 0.0547 e. The molecule has 0 saturated heterocycles. The molecule has 0 amide bonds. The zero-order valence-electron chi connectivity index (χ0n) is 26.4. The van der Waals surface area contributed by atoms with E-state index in [0.29, 0.717) is 0 Å². The summed E-state index contributed by atoms with van der Waals surface area (Å²) in [6.45, 7) is 0. The third kappa shape index (κ3) is 4.74. The Bertz CT molecular complexity index is 2480. The Hall–Kier alpha value is -6.38. The Morgan fingerprint density at radius 1 is 0.312 bits per heavy atom. The molecule has 1 heterocycles. The van der Waals surface area contributed by atoms with Crippen molar-refractivity contribution in [3.8, 4) is 27.9 Å². The van der Waals surface area contributed by atoms with Gasteiger partial charge in [-0.15, -0.1) is 0 Å². The van der Waals surface area contributed by atoms with E-state index < -0.39 is 0 Å². The summed E-state index contributed by atoms with van der Waals surface area (Å²) < 4.78 is 2.44. The number of hydrogen-bond acceptors (Lipinski definition) is 1. The first kappa shape index (κ1) is 27.9. The van der Waals surface area contributed by atoms with E-state index >= 15 is 0 Å². The van der Waals surface area contributed by atoms with Crippen LogP contribution in [0.25, 0.3) is 60.5 Å². The molecule has 48 heavy (non-hydrogen) atoms. The molecule has 9 rings (SSSR count). The quantitative estimate of drug-likeness (QED) is 0.181. The lowest BCUT2D eigenvalue weighted by Crippen LogP contribution is -2.09. The molecule has 0 aliphatic carbocycles. The van der Waals surface area contributed by atoms with Crippen LogP contribution in [0.2, 0.25) is 0 Å². The van der Waals surface area contributed by atoms with E-state index in [1.807, 2.05) is 0 Å². The van der Waals surface area contributed by atoms with Crippen LogP contribution in [0.15, 0.2) is 194 Å². The third-order valence-electron chi connectivity index (χ3n) is 9.39. The molecule has 8 aromatic carbocycles. The van der Waals surface area contributed by atoms with Gasteiger partial charge < -0.3 is 9.47 Å². The fraction of sp³-hybridized carbons (Fsp3) is 0. The second kappa shape index (κ2) is 11.8. The van der Waals surface area contributed by atoms with Crippen LogP contribution in [-0.2, 0) is 0 Å². The SMILES string of the molecule is c1ccc(-c2ccc(N(c3ccccc3)c3ccc(-c4c(-n5c6ccccc6c6ccccc65)ccc5ccccc45)cc3)cc2)cc1. The first-order chi connectivity index (χ1) is 23.8. The minimum Gasteiger partial charge on any atom is -0.311 e. The number of aromatic nitrogens is 1. The van der Waals surface area contributed by atoms with E-state index in [1.54, 1.807) is 0 Å². The van der Waals surface area contributed by atoms with Gasteiger partial charge in [0.15, 0.2) is 0 Å². The Balaban J connectivity index is 1.20. The van der Waals surface area contributed by atoms with Crippen molar-refractivity contribution in [1.29, 1.82) is 0 Å². The van der Waals surface area contributed by atoms with E-state index in [-0.39, 0.29) is 0 Å². The summed E-state index contributed by atoms with van der Waals surface area (Å²) in [5, 5.41) is 4.99. The van der Waals surface area contributed by atoms with E-state index in [1.165, 1.54) is 60.5 Å². The second-order valence-corrected chi connectivity index (χ2v) is 12.2. The number of fused-ring (bicyclic) bond motifs is 4. The molecule has 0 bridgehead atoms. The first-order valence-electron chi connectivity index (χ1n) is 16.4. The lowest BCUT2D eigenvalue weighted by Gasteiger charge is -2.26. The molecule has 0 radical (unpaired) electrons. The molecule has 0 atom stereocenters. The van der Waals surface area contributed by atoms with Gasteiger partial charge in [0.05, 0.1) is 16.7 Å². The highest BCUT2D eigenvalue weighted by molar-refractivity contribution is 6.11. The van der Waals surface area contributed by atoms with Gasteiger partial charge in [0, 0.05) is 33.4 Å². The van der Waals surface area contributed by atoms with Gasteiger partial charge in [-0.25, -0.2) is 0 Å². The number of benzene rings is 8. The van der Waals surface area contributed by atoms with Crippen molar-refractivity contribution in [1.82, 2.24) is 4.57 Å². The zero-order chi connectivity index (χ0) is 31.9. The average Bonchev–Trinajstić information content (AvgIpc) is 3.50. The number of hydrogen-bond donors (Lipinski definition) is 0. The van der Waals surface area contributed by atoms with Gasteiger partial charge >= 0.3 is 0 Å². The predicted molar refractivity (Wildman–Crippen MR) is 204 cm³/mol. The minimum atomic E-state index is 1.11. The van der Waals surface area contributed by atoms with Gasteiger partial charge in [0.25, 0.3) is 0 Å². The normalized spacial score (nSPS) is 11.3. The molecule has 0 fully saturated rings. The molecule has 0 aliphatic rings. The van der Waals surface area contributed by atoms with Crippen LogP contribution >= 0.6 is 0 Å². The predicted octanol–water partition coefficient (Wildman–Crippen LogP) is 12.7. The monoisotopic (exact) mass is 612 g/mol. The number of anilines is 3. The molecule has 2 nitrogen and oxygen atoms in total. The molecule has 0 N–H and O–H groups in total. The molecule has 1 aromatic heterocycles. The topological polar surface area (TPSA) is 8.17 Å². The maximum absolute atomic E-state index is 2.44. The highest BCUT2D eigenvalue weighted by Crippen LogP contribution is 2.41. The average molecular weight is 613 g/mol. The lowest BCUT2D eigenvalue weighted by atomic mass is 9.95. The maximum atomic E-state index is 2.44. The molecule has 0 spiro atoms. The standard InChI is InChI=1S/C46H32N2/c1-3-13-33(14-4-1)34-23-28-38(29-24-34)47(37-16-5-2-6-17-37)39-30-25-36(26-31-39)46-40-18-8-7-15-35(40)27-32-45(46)48-43-21-11-9-19-41(43)42-20-10-12-22-44(42)48/h1-32H. The lowest BCUT2D eigenvalue weighted by molar-refractivity contribution is 1.19. The Kier molecular flexibility index (Phi) is 6.84. The minimum absolute atomic E-state index is 1.11. The van der Waals surface area contributed by atoms with E-state index in [9.17, 15) is 0 Å². The fourth-order valence-electron chi connectivity index (χ4n) is 7.17. The van der Waals surface area contributed by atoms with Gasteiger partial charge in [-0.2, -0.15) is 0 Å². The van der Waals surface area contributed by atoms with Crippen LogP contribution in [0.3, 0.4) is 0 Å². The number of para-hydroxylation sites is 3. The number of nitrogens with zero attached hydrogens (tertiary/aromatic N) is 2. The molecule has 0 unspecified atom stereocenters. The molecule has 9 aromatic rings. The molecular weight excluding hydrogens is 581 g/mol. The van der Waals surface area contributed by atoms with Crippen molar-refractivity contribution in [3.63, 3.8) is 0 Å². The van der Waals surface area contributed by atoms with Crippen molar-refractivity contribution in [2.45, 2.75) is 0 Å². The van der Waals surface area contributed by atoms with Crippen LogP contribution in [0.5, 0.6) is 0 Å². The van der Waals surface area contributed by atoms with Crippen LogP contribution < -0.4 is 4.90 Å². The molecule has 0 saturated carbocycles. The largest absolute Gasteiger partial charge is 0.311 e. The highest BCUT2D eigenvalue weighted by Gasteiger charge is 2.19. The smallest absolute Gasteiger partial charge is 0.0547 e. The summed E-state index contributed by atoms with van der Waals surface area (Å²) in [4.78, 5) is 2.33. The Labute approximate surface area is 280 Å². The van der Waals surface area contributed by atoms with Gasteiger partial charge in [-0.1, -0.05) is 140 Å². The third-order valence-corrected chi connectivity index (χ3v) is 9.39. The highest BCUT2D eigenvalue weighted by atomic mass is 15.1. The van der Waals surface area contributed by atoms with Crippen molar-refractivity contribution in [3.05, 3.63) is 194 Å². The second-order valence-electron chi connectivity index (χ2n) is 12.2. The summed E-state index contributed by atoms with van der Waals surface area (Å²) in [6, 6.07) is 69.8. The Morgan fingerprint density at radius 3 is 1.40 bits per heavy atom. The van der Waals surface area contributed by atoms with Gasteiger partial charge in [-0.3, -0.25) is 0 Å². The van der Waals surface area contributed by atoms with Crippen LogP contribution in [0.1, 0.15) is 0 Å². The molecular formula is C46H32N2. The van der Waals surface area contributed by atoms with Crippen LogP contribution in [0.4, 0.5) is 17.1 Å². The molecule has 2 heteroatoms. The van der Waals surface area contributed by atoms with E-state index in [4.69, 9.17) is 0 Å². The van der Waals surface area contributed by atoms with Crippen molar-refractivity contribution in [2.24, 2.45) is 0 Å². The van der Waals surface area contributed by atoms with Crippen molar-refractivity contribution in [2.75, 3.05) is 4.90 Å². The van der Waals surface area contributed by atoms with E-state index in [0.717, 1.165) is 17.1 Å². The summed E-state index contributed by atoms with van der Waals surface area (Å²) in [5.74, 6) is 0. The zero-order valence-corrected chi connectivity index (χ0v) is 26.4. The molecule has 226 valence electrons. The number of rotatable bonds is 6. The summed E-state index contributed by atoms with van der Waals surface area (Å²) in [5.41, 5.74) is 11.8. The summed E-state index contributed by atoms with van der Waals surface area (Å²) >= 11 is 0. The summed E-state index contributed by atoms with van der Waals surface area (Å²) in [6.07, 6.45) is 0. The van der Waals surface area contributed by atoms with Gasteiger partial charge in [0.1, 0.15) is 0 Å². The fourth-order valence-corrected chi connectivity index (χ4v) is 7.17. The first-order valence-corrected chi connectivity index (χ1v) is 16.4. The molecule has 0 aliphatic heterocycles. The van der Waals surface area contributed by atoms with Crippen molar-refractivity contribution < 1.29 is 0 Å². The van der Waals surface area contributed by atoms with E-state index in [2.05, 4.69) is 204 Å². The van der Waals surface area contributed by atoms with Gasteiger partial charge in [-0.05, 0) is 82.1 Å². The van der Waals surface area contributed by atoms with Crippen LogP contribution in [-0.4, -0.2) is 4.57 Å². The van der Waals surface area contributed by atoms with Gasteiger partial charge in [0.2, 0.25) is 0 Å². The van der Waals surface area contributed by atoms with Crippen molar-refractivity contribution >= 4 is 49.6 Å².